The van der Waals surface area contributed by atoms with E-state index in [2.05, 4.69) is 68.6 Å². The lowest BCUT2D eigenvalue weighted by atomic mass is 10.1. The van der Waals surface area contributed by atoms with Crippen molar-refractivity contribution in [3.8, 4) is 11.3 Å². The molecule has 1 saturated heterocycles. The van der Waals surface area contributed by atoms with Gasteiger partial charge in [0.2, 0.25) is 0 Å². The van der Waals surface area contributed by atoms with Crippen LogP contribution >= 0.6 is 0 Å². The Hall–Kier alpha value is -1.96. The second-order valence-corrected chi connectivity index (χ2v) is 13.9. The fourth-order valence-corrected chi connectivity index (χ4v) is 3.90. The van der Waals surface area contributed by atoms with Crippen LogP contribution in [0.25, 0.3) is 22.3 Å². The van der Waals surface area contributed by atoms with Gasteiger partial charge in [0, 0.05) is 57.3 Å². The SMILES string of the molecule is C[Si](C)(C)CCOCn1ccc2c(-c3ccn(C4CNC4)c3)ncnc21. The van der Waals surface area contributed by atoms with Gasteiger partial charge in [0.05, 0.1) is 11.7 Å². The van der Waals surface area contributed by atoms with Crippen molar-refractivity contribution >= 4 is 19.1 Å². The molecule has 0 aromatic carbocycles. The Bertz CT molecular complexity index is 891. The Morgan fingerprint density at radius 3 is 2.77 bits per heavy atom. The molecule has 0 saturated carbocycles. The van der Waals surface area contributed by atoms with Gasteiger partial charge in [-0.1, -0.05) is 19.6 Å². The Labute approximate surface area is 155 Å². The lowest BCUT2D eigenvalue weighted by Gasteiger charge is -2.28. The maximum absolute atomic E-state index is 5.89. The van der Waals surface area contributed by atoms with Gasteiger partial charge in [-0.25, -0.2) is 9.97 Å². The number of nitrogens with zero attached hydrogens (tertiary/aromatic N) is 4. The molecule has 1 N–H and O–H groups in total. The van der Waals surface area contributed by atoms with Gasteiger partial charge in [-0.3, -0.25) is 0 Å². The number of fused-ring (bicyclic) bond motifs is 1. The standard InChI is InChI=1S/C19H27N5OSi/c1-26(2,3)9-8-25-14-24-7-5-17-18(21-13-22-19(17)24)15-4-6-23(12-15)16-10-20-11-16/h4-7,12-13,16,20H,8-11,14H2,1-3H3. The van der Waals surface area contributed by atoms with Gasteiger partial charge in [0.15, 0.2) is 0 Å². The van der Waals surface area contributed by atoms with Crippen LogP contribution in [0.5, 0.6) is 0 Å². The summed E-state index contributed by atoms with van der Waals surface area (Å²) in [6.45, 7) is 10.5. The van der Waals surface area contributed by atoms with Gasteiger partial charge >= 0.3 is 0 Å². The molecule has 0 amide bonds. The smallest absolute Gasteiger partial charge is 0.145 e. The Kier molecular flexibility index (Phi) is 4.68. The average Bonchev–Trinajstić information content (AvgIpc) is 3.16. The molecule has 3 aromatic rings. The summed E-state index contributed by atoms with van der Waals surface area (Å²) in [5, 5.41) is 4.39. The zero-order valence-electron chi connectivity index (χ0n) is 15.8. The molecule has 0 spiro atoms. The van der Waals surface area contributed by atoms with E-state index in [1.807, 2.05) is 6.20 Å². The van der Waals surface area contributed by atoms with E-state index in [4.69, 9.17) is 4.74 Å². The van der Waals surface area contributed by atoms with Crippen LogP contribution < -0.4 is 5.32 Å². The third-order valence-corrected chi connectivity index (χ3v) is 6.66. The van der Waals surface area contributed by atoms with Crippen LogP contribution in [0.3, 0.4) is 0 Å². The summed E-state index contributed by atoms with van der Waals surface area (Å²) < 4.78 is 10.2. The summed E-state index contributed by atoms with van der Waals surface area (Å²) in [5.74, 6) is 0. The van der Waals surface area contributed by atoms with E-state index < -0.39 is 8.07 Å². The van der Waals surface area contributed by atoms with Crippen LogP contribution in [0.2, 0.25) is 25.7 Å². The molecule has 4 heterocycles. The van der Waals surface area contributed by atoms with E-state index in [9.17, 15) is 0 Å². The van der Waals surface area contributed by atoms with Crippen molar-refractivity contribution in [2.24, 2.45) is 0 Å². The molecule has 7 heteroatoms. The maximum Gasteiger partial charge on any atom is 0.145 e. The second-order valence-electron chi connectivity index (χ2n) is 8.25. The van der Waals surface area contributed by atoms with Crippen LogP contribution in [0.15, 0.2) is 37.1 Å². The highest BCUT2D eigenvalue weighted by atomic mass is 28.3. The number of rotatable bonds is 7. The van der Waals surface area contributed by atoms with E-state index in [1.165, 1.54) is 6.04 Å². The maximum atomic E-state index is 5.89. The predicted octanol–water partition coefficient (Wildman–Crippen LogP) is 3.36. The highest BCUT2D eigenvalue weighted by molar-refractivity contribution is 6.76. The van der Waals surface area contributed by atoms with Crippen LogP contribution in [-0.4, -0.2) is 46.9 Å². The molecule has 3 aromatic heterocycles. The van der Waals surface area contributed by atoms with Crippen LogP contribution in [-0.2, 0) is 11.5 Å². The summed E-state index contributed by atoms with van der Waals surface area (Å²) in [5.41, 5.74) is 3.06. The van der Waals surface area contributed by atoms with E-state index >= 15 is 0 Å². The van der Waals surface area contributed by atoms with Crippen LogP contribution in [0, 0.1) is 0 Å². The first-order valence-corrected chi connectivity index (χ1v) is 13.0. The van der Waals surface area contributed by atoms with Crippen molar-refractivity contribution in [1.82, 2.24) is 24.4 Å². The van der Waals surface area contributed by atoms with Crippen molar-refractivity contribution in [1.29, 1.82) is 0 Å². The van der Waals surface area contributed by atoms with E-state index in [-0.39, 0.29) is 0 Å². The molecule has 26 heavy (non-hydrogen) atoms. The molecule has 4 rings (SSSR count). The quantitative estimate of drug-likeness (QED) is 0.512. The third kappa shape index (κ3) is 3.60. The van der Waals surface area contributed by atoms with Gasteiger partial charge in [0.1, 0.15) is 18.7 Å². The van der Waals surface area contributed by atoms with Crippen LogP contribution in [0.1, 0.15) is 6.04 Å². The van der Waals surface area contributed by atoms with Gasteiger partial charge in [-0.15, -0.1) is 0 Å². The van der Waals surface area contributed by atoms with E-state index in [0.717, 1.165) is 42.0 Å². The van der Waals surface area contributed by atoms with Gasteiger partial charge in [-0.2, -0.15) is 0 Å². The Morgan fingerprint density at radius 2 is 2.04 bits per heavy atom. The normalized spacial score (nSPS) is 15.5. The largest absolute Gasteiger partial charge is 0.361 e. The first-order chi connectivity index (χ1) is 12.5. The topological polar surface area (TPSA) is 56.9 Å². The molecule has 1 fully saturated rings. The molecule has 138 valence electrons. The lowest BCUT2D eigenvalue weighted by molar-refractivity contribution is 0.0899. The number of ether oxygens (including phenoxy) is 1. The average molecular weight is 370 g/mol. The predicted molar refractivity (Wildman–Crippen MR) is 107 cm³/mol. The summed E-state index contributed by atoms with van der Waals surface area (Å²) in [6, 6.07) is 5.97. The van der Waals surface area contributed by atoms with Crippen LogP contribution in [0.4, 0.5) is 0 Å². The van der Waals surface area contributed by atoms with Crippen molar-refractivity contribution < 1.29 is 4.74 Å². The lowest BCUT2D eigenvalue weighted by Crippen LogP contribution is -2.42. The van der Waals surface area contributed by atoms with Crippen molar-refractivity contribution in [3.05, 3.63) is 37.1 Å². The molecular weight excluding hydrogens is 342 g/mol. The van der Waals surface area contributed by atoms with E-state index in [0.29, 0.717) is 12.8 Å². The molecular formula is C19H27N5OSi. The number of nitrogens with one attached hydrogen (secondary N) is 1. The fourth-order valence-electron chi connectivity index (χ4n) is 3.14. The summed E-state index contributed by atoms with van der Waals surface area (Å²) >= 11 is 0. The van der Waals surface area contributed by atoms with E-state index in [1.54, 1.807) is 6.33 Å². The summed E-state index contributed by atoms with van der Waals surface area (Å²) in [4.78, 5) is 9.03. The zero-order chi connectivity index (χ0) is 18.1. The van der Waals surface area contributed by atoms with Crippen molar-refractivity contribution in [2.45, 2.75) is 38.5 Å². The minimum atomic E-state index is -1.06. The minimum Gasteiger partial charge on any atom is -0.361 e. The number of hydrogen-bond acceptors (Lipinski definition) is 4. The van der Waals surface area contributed by atoms with Crippen molar-refractivity contribution in [2.75, 3.05) is 19.7 Å². The Morgan fingerprint density at radius 1 is 1.19 bits per heavy atom. The molecule has 1 aliphatic heterocycles. The zero-order valence-corrected chi connectivity index (χ0v) is 16.8. The summed E-state index contributed by atoms with van der Waals surface area (Å²) in [6.07, 6.45) is 8.03. The van der Waals surface area contributed by atoms with Crippen molar-refractivity contribution in [3.63, 3.8) is 0 Å². The molecule has 0 bridgehead atoms. The Balaban J connectivity index is 1.52. The first-order valence-electron chi connectivity index (χ1n) is 9.27. The monoisotopic (exact) mass is 369 g/mol. The van der Waals surface area contributed by atoms with Gasteiger partial charge in [0.25, 0.3) is 0 Å². The summed E-state index contributed by atoms with van der Waals surface area (Å²) in [7, 11) is -1.06. The second kappa shape index (κ2) is 6.98. The highest BCUT2D eigenvalue weighted by Gasteiger charge is 2.19. The molecule has 0 aliphatic carbocycles. The number of aromatic nitrogens is 4. The molecule has 0 radical (unpaired) electrons. The van der Waals surface area contributed by atoms with Gasteiger partial charge in [-0.05, 0) is 18.2 Å². The molecule has 0 unspecified atom stereocenters. The number of hydrogen-bond donors (Lipinski definition) is 1. The van der Waals surface area contributed by atoms with Gasteiger partial charge < -0.3 is 19.2 Å². The first kappa shape index (κ1) is 17.5. The highest BCUT2D eigenvalue weighted by Crippen LogP contribution is 2.27. The molecule has 6 nitrogen and oxygen atoms in total. The third-order valence-electron chi connectivity index (χ3n) is 4.95. The molecule has 0 atom stereocenters. The fraction of sp³-hybridized carbons (Fsp3) is 0.474. The molecule has 1 aliphatic rings. The minimum absolute atomic E-state index is 0.541.